The van der Waals surface area contributed by atoms with Crippen LogP contribution >= 0.6 is 11.6 Å². The number of nitrogens with one attached hydrogen (secondary N) is 1. The van der Waals surface area contributed by atoms with E-state index in [1.165, 1.54) is 0 Å². The lowest BCUT2D eigenvalue weighted by Crippen LogP contribution is -2.49. The Morgan fingerprint density at radius 1 is 1.33 bits per heavy atom. The van der Waals surface area contributed by atoms with Gasteiger partial charge < -0.3 is 20.1 Å². The molecule has 1 fully saturated rings. The molecule has 0 spiro atoms. The van der Waals surface area contributed by atoms with Gasteiger partial charge in [0.15, 0.2) is 0 Å². The van der Waals surface area contributed by atoms with Crippen molar-refractivity contribution in [3.05, 3.63) is 23.2 Å². The third-order valence-electron chi connectivity index (χ3n) is 4.66. The lowest BCUT2D eigenvalue weighted by molar-refractivity contribution is -0.139. The first kappa shape index (κ1) is 21.3. The predicted octanol–water partition coefficient (Wildman–Crippen LogP) is 3.53. The number of ether oxygens (including phenoxy) is 1. The normalized spacial score (nSPS) is 15.0. The van der Waals surface area contributed by atoms with Crippen molar-refractivity contribution in [2.75, 3.05) is 38.1 Å². The van der Waals surface area contributed by atoms with E-state index in [4.69, 9.17) is 21.4 Å². The predicted molar refractivity (Wildman–Crippen MR) is 106 cm³/mol. The van der Waals surface area contributed by atoms with E-state index in [9.17, 15) is 9.59 Å². The number of halogens is 1. The molecule has 2 amide bonds. The maximum Gasteiger partial charge on any atom is 0.321 e. The quantitative estimate of drug-likeness (QED) is 0.701. The summed E-state index contributed by atoms with van der Waals surface area (Å²) in [6, 6.07) is 5.16. The highest BCUT2D eigenvalue weighted by molar-refractivity contribution is 6.31. The second kappa shape index (κ2) is 10.4. The van der Waals surface area contributed by atoms with E-state index in [-0.39, 0.29) is 18.6 Å². The van der Waals surface area contributed by atoms with Crippen LogP contribution in [0, 0.1) is 0 Å². The van der Waals surface area contributed by atoms with Gasteiger partial charge in [-0.25, -0.2) is 4.79 Å². The first-order valence-electron chi connectivity index (χ1n) is 9.38. The molecule has 1 saturated heterocycles. The van der Waals surface area contributed by atoms with E-state index in [0.29, 0.717) is 42.7 Å². The Morgan fingerprint density at radius 2 is 2.04 bits per heavy atom. The number of aliphatic carboxylic acids is 1. The molecule has 7 nitrogen and oxygen atoms in total. The van der Waals surface area contributed by atoms with Crippen molar-refractivity contribution in [2.45, 2.75) is 39.2 Å². The summed E-state index contributed by atoms with van der Waals surface area (Å²) in [6.07, 6.45) is 2.38. The Morgan fingerprint density at radius 3 is 2.63 bits per heavy atom. The molecule has 1 heterocycles. The minimum absolute atomic E-state index is 0.0357. The summed E-state index contributed by atoms with van der Waals surface area (Å²) in [6.45, 7) is 6.42. The van der Waals surface area contributed by atoms with Crippen molar-refractivity contribution in [2.24, 2.45) is 0 Å². The van der Waals surface area contributed by atoms with Crippen molar-refractivity contribution < 1.29 is 19.4 Å². The summed E-state index contributed by atoms with van der Waals surface area (Å²) in [5.41, 5.74) is 0.559. The molecule has 2 rings (SSSR count). The number of carbonyl (C=O) groups excluding carboxylic acids is 1. The number of hydrogen-bond acceptors (Lipinski definition) is 4. The molecule has 1 aromatic rings. The van der Waals surface area contributed by atoms with Crippen LogP contribution in [0.1, 0.15) is 33.1 Å². The largest absolute Gasteiger partial charge is 0.491 e. The van der Waals surface area contributed by atoms with Gasteiger partial charge in [-0.1, -0.05) is 25.4 Å². The zero-order chi connectivity index (χ0) is 19.8. The van der Waals surface area contributed by atoms with Crippen molar-refractivity contribution in [1.82, 2.24) is 9.80 Å². The van der Waals surface area contributed by atoms with Gasteiger partial charge in [0.2, 0.25) is 0 Å². The molecule has 0 atom stereocenters. The summed E-state index contributed by atoms with van der Waals surface area (Å²) in [7, 11) is 0. The molecular weight excluding hydrogens is 370 g/mol. The molecule has 0 unspecified atom stereocenters. The molecule has 1 aromatic carbocycles. The maximum absolute atomic E-state index is 12.6. The number of hydrogen-bond donors (Lipinski definition) is 2. The van der Waals surface area contributed by atoms with Gasteiger partial charge in [-0.05, 0) is 44.0 Å². The maximum atomic E-state index is 12.6. The van der Waals surface area contributed by atoms with Gasteiger partial charge in [-0.2, -0.15) is 0 Å². The molecule has 1 aliphatic heterocycles. The van der Waals surface area contributed by atoms with Crippen LogP contribution < -0.4 is 10.1 Å². The standard InChI is InChI=1S/C19H28ClN3O4/c1-3-11-27-17-6-5-14(20)12-16(17)21-19(26)23-9-7-15(8-10-23)22(4-2)13-18(24)25/h5-6,12,15H,3-4,7-11,13H2,1-2H3,(H,21,26)(H,24,25). The van der Waals surface area contributed by atoms with Crippen LogP contribution in [0.15, 0.2) is 18.2 Å². The number of carboxylic acids is 1. The van der Waals surface area contributed by atoms with E-state index in [1.807, 2.05) is 18.7 Å². The monoisotopic (exact) mass is 397 g/mol. The number of likely N-dealkylation sites (tertiary alicyclic amines) is 1. The van der Waals surface area contributed by atoms with Crippen molar-refractivity contribution >= 4 is 29.3 Å². The molecule has 150 valence electrons. The lowest BCUT2D eigenvalue weighted by Gasteiger charge is -2.37. The van der Waals surface area contributed by atoms with Gasteiger partial charge in [0.25, 0.3) is 0 Å². The number of likely N-dealkylation sites (N-methyl/N-ethyl adjacent to an activating group) is 1. The minimum atomic E-state index is -0.822. The Kier molecular flexibility index (Phi) is 8.19. The zero-order valence-corrected chi connectivity index (χ0v) is 16.7. The van der Waals surface area contributed by atoms with E-state index >= 15 is 0 Å². The lowest BCUT2D eigenvalue weighted by atomic mass is 10.0. The third kappa shape index (κ3) is 6.29. The van der Waals surface area contributed by atoms with Gasteiger partial charge in [-0.15, -0.1) is 0 Å². The van der Waals surface area contributed by atoms with Gasteiger partial charge >= 0.3 is 12.0 Å². The number of carbonyl (C=O) groups is 2. The van der Waals surface area contributed by atoms with Crippen molar-refractivity contribution in [3.63, 3.8) is 0 Å². The highest BCUT2D eigenvalue weighted by Crippen LogP contribution is 2.29. The Bertz CT molecular complexity index is 648. The summed E-state index contributed by atoms with van der Waals surface area (Å²) in [5, 5.41) is 12.4. The van der Waals surface area contributed by atoms with Crippen LogP contribution in [0.2, 0.25) is 5.02 Å². The number of benzene rings is 1. The number of carboxylic acid groups (broad SMARTS) is 1. The van der Waals surface area contributed by atoms with Gasteiger partial charge in [0.05, 0.1) is 18.8 Å². The summed E-state index contributed by atoms with van der Waals surface area (Å²) >= 11 is 6.06. The highest BCUT2D eigenvalue weighted by Gasteiger charge is 2.27. The SMILES string of the molecule is CCCOc1ccc(Cl)cc1NC(=O)N1CCC(N(CC)CC(=O)O)CC1. The molecule has 2 N–H and O–H groups in total. The van der Waals surface area contributed by atoms with Gasteiger partial charge in [-0.3, -0.25) is 9.69 Å². The number of amides is 2. The van der Waals surface area contributed by atoms with Crippen LogP contribution in [-0.4, -0.2) is 65.7 Å². The summed E-state index contributed by atoms with van der Waals surface area (Å²) in [4.78, 5) is 27.3. The van der Waals surface area contributed by atoms with E-state index < -0.39 is 5.97 Å². The number of piperidine rings is 1. The summed E-state index contributed by atoms with van der Waals surface area (Å²) in [5.74, 6) is -0.222. The molecule has 27 heavy (non-hydrogen) atoms. The van der Waals surface area contributed by atoms with Crippen LogP contribution in [0.3, 0.4) is 0 Å². The molecule has 0 saturated carbocycles. The number of anilines is 1. The smallest absolute Gasteiger partial charge is 0.321 e. The number of nitrogens with zero attached hydrogens (tertiary/aromatic N) is 2. The highest BCUT2D eigenvalue weighted by atomic mass is 35.5. The van der Waals surface area contributed by atoms with Gasteiger partial charge in [0.1, 0.15) is 5.75 Å². The molecule has 0 aliphatic carbocycles. The molecule has 8 heteroatoms. The molecule has 1 aliphatic rings. The first-order chi connectivity index (χ1) is 12.9. The topological polar surface area (TPSA) is 82.1 Å². The Labute approximate surface area is 165 Å². The van der Waals surface area contributed by atoms with E-state index in [1.54, 1.807) is 23.1 Å². The second-order valence-corrected chi connectivity index (χ2v) is 7.03. The van der Waals surface area contributed by atoms with E-state index in [2.05, 4.69) is 5.32 Å². The van der Waals surface area contributed by atoms with Crippen LogP contribution in [0.4, 0.5) is 10.5 Å². The van der Waals surface area contributed by atoms with E-state index in [0.717, 1.165) is 19.3 Å². The fourth-order valence-electron chi connectivity index (χ4n) is 3.24. The molecule has 0 bridgehead atoms. The van der Waals surface area contributed by atoms with Crippen LogP contribution in [0.5, 0.6) is 5.75 Å². The average Bonchev–Trinajstić information content (AvgIpc) is 2.65. The fourth-order valence-corrected chi connectivity index (χ4v) is 3.41. The fraction of sp³-hybridized carbons (Fsp3) is 0.579. The Hall–Kier alpha value is -1.99. The van der Waals surface area contributed by atoms with Gasteiger partial charge in [0, 0.05) is 24.2 Å². The van der Waals surface area contributed by atoms with Crippen molar-refractivity contribution in [3.8, 4) is 5.75 Å². The molecular formula is C19H28ClN3O4. The summed E-state index contributed by atoms with van der Waals surface area (Å²) < 4.78 is 5.68. The van der Waals surface area contributed by atoms with Crippen LogP contribution in [0.25, 0.3) is 0 Å². The minimum Gasteiger partial charge on any atom is -0.491 e. The number of rotatable bonds is 8. The zero-order valence-electron chi connectivity index (χ0n) is 15.9. The molecule has 0 radical (unpaired) electrons. The number of urea groups is 1. The van der Waals surface area contributed by atoms with Crippen molar-refractivity contribution in [1.29, 1.82) is 0 Å². The average molecular weight is 398 g/mol. The van der Waals surface area contributed by atoms with Crippen LogP contribution in [-0.2, 0) is 4.79 Å². The second-order valence-electron chi connectivity index (χ2n) is 6.59. The molecule has 0 aromatic heterocycles. The third-order valence-corrected chi connectivity index (χ3v) is 4.89. The Balaban J connectivity index is 1.94. The first-order valence-corrected chi connectivity index (χ1v) is 9.76.